The van der Waals surface area contributed by atoms with Gasteiger partial charge in [-0.1, -0.05) is 82.3 Å². The van der Waals surface area contributed by atoms with Crippen LogP contribution in [0.3, 0.4) is 0 Å². The Labute approximate surface area is 281 Å². The highest BCUT2D eigenvalue weighted by molar-refractivity contribution is 6.01. The number of aliphatic hydroxyl groups excluding tert-OH is 2. The van der Waals surface area contributed by atoms with Crippen LogP contribution in [0.2, 0.25) is 0 Å². The molecule has 1 aliphatic heterocycles. The van der Waals surface area contributed by atoms with Gasteiger partial charge < -0.3 is 19.7 Å². The summed E-state index contributed by atoms with van der Waals surface area (Å²) >= 11 is 0. The molecule has 2 aromatic rings. The molecule has 0 spiro atoms. The molecule has 7 rings (SSSR count). The molecule has 256 valence electrons. The van der Waals surface area contributed by atoms with E-state index in [-0.39, 0.29) is 30.8 Å². The van der Waals surface area contributed by atoms with Crippen molar-refractivity contribution in [1.29, 1.82) is 0 Å². The predicted molar refractivity (Wildman–Crippen MR) is 176 cm³/mol. The second-order valence-electron chi connectivity index (χ2n) is 15.7. The van der Waals surface area contributed by atoms with Crippen molar-refractivity contribution in [2.75, 3.05) is 6.61 Å². The van der Waals surface area contributed by atoms with Crippen LogP contribution >= 0.6 is 0 Å². The normalized spacial score (nSPS) is 40.5. The lowest BCUT2D eigenvalue weighted by Crippen LogP contribution is -2.70. The van der Waals surface area contributed by atoms with E-state index in [4.69, 9.17) is 9.47 Å². The number of aliphatic hydroxyl groups is 2. The Morgan fingerprint density at radius 3 is 2.46 bits per heavy atom. The number of carbonyl (C=O) groups excluding carboxylic acids is 2. The van der Waals surface area contributed by atoms with Gasteiger partial charge in [-0.05, 0) is 78.9 Å². The lowest BCUT2D eigenvalue weighted by molar-refractivity contribution is -0.235. The van der Waals surface area contributed by atoms with Crippen LogP contribution in [-0.2, 0) is 25.5 Å². The van der Waals surface area contributed by atoms with E-state index in [2.05, 4.69) is 45.0 Å². The summed E-state index contributed by atoms with van der Waals surface area (Å²) in [5.41, 5.74) is -2.25. The van der Waals surface area contributed by atoms with Gasteiger partial charge in [-0.15, -0.1) is 0 Å². The van der Waals surface area contributed by atoms with Crippen LogP contribution in [0.25, 0.3) is 0 Å². The molecule has 4 fully saturated rings. The van der Waals surface area contributed by atoms with Crippen LogP contribution in [0.4, 0.5) is 8.78 Å². The van der Waals surface area contributed by atoms with E-state index in [1.165, 1.54) is 23.3 Å². The summed E-state index contributed by atoms with van der Waals surface area (Å²) in [4.78, 5) is 26.0. The zero-order chi connectivity index (χ0) is 34.4. The number of halogens is 2. The van der Waals surface area contributed by atoms with Crippen LogP contribution in [0.15, 0.2) is 72.3 Å². The van der Waals surface area contributed by atoms with Crippen LogP contribution in [0, 0.1) is 28.6 Å². The summed E-state index contributed by atoms with van der Waals surface area (Å²) < 4.78 is 46.6. The predicted octanol–water partition coefficient (Wildman–Crippen LogP) is 6.68. The molecular weight excluding hydrogens is 614 g/mol. The lowest BCUT2D eigenvalue weighted by atomic mass is 9.44. The summed E-state index contributed by atoms with van der Waals surface area (Å²) in [6.45, 7) is 9.11. The van der Waals surface area contributed by atoms with Gasteiger partial charge in [-0.25, -0.2) is 8.78 Å². The molecule has 2 N–H and O–H groups in total. The summed E-state index contributed by atoms with van der Waals surface area (Å²) in [5.74, 6) is -1.87. The smallest absolute Gasteiger partial charge is 0.193 e. The van der Waals surface area contributed by atoms with E-state index in [0.717, 1.165) is 18.1 Å². The number of carbonyl (C=O) groups is 2. The van der Waals surface area contributed by atoms with Gasteiger partial charge in [0.15, 0.2) is 29.1 Å². The molecule has 4 aliphatic carbocycles. The quantitative estimate of drug-likeness (QED) is 0.344. The summed E-state index contributed by atoms with van der Waals surface area (Å²) in [5, 5.41) is 22.0. The third-order valence-electron chi connectivity index (χ3n) is 12.7. The van der Waals surface area contributed by atoms with E-state index in [0.29, 0.717) is 11.5 Å². The van der Waals surface area contributed by atoms with Gasteiger partial charge in [-0.3, -0.25) is 9.59 Å². The first-order chi connectivity index (χ1) is 22.7. The summed E-state index contributed by atoms with van der Waals surface area (Å²) in [6.07, 6.45) is -0.313. The zero-order valence-corrected chi connectivity index (χ0v) is 28.3. The monoisotopic (exact) mass is 660 g/mol. The standard InChI is InChI=1S/C40H46F2O6/c1-22(2)15-24-7-6-8-27(16-24)23(3)25-9-11-26(12-10-25)36-47-35-19-29-30-18-32(41)31-17-28(44)13-14-37(31,4)39(30,42)33(45)20-38(29,5)40(35,48-36)34(46)21-43/h6-14,16-17,22-23,29-30,32-33,35-36,43,45H,15,18-21H2,1-5H3/t23-,29-,30-,32-,33-,35+,36+,37-,38-,39-,40+/m0/s1. The van der Waals surface area contributed by atoms with Gasteiger partial charge in [-0.2, -0.15) is 0 Å². The Bertz CT molecular complexity index is 1680. The number of hydrogen-bond donors (Lipinski definition) is 2. The van der Waals surface area contributed by atoms with Gasteiger partial charge in [0.25, 0.3) is 0 Å². The number of alkyl halides is 2. The van der Waals surface area contributed by atoms with Crippen molar-refractivity contribution in [2.24, 2.45) is 28.6 Å². The van der Waals surface area contributed by atoms with Crippen molar-refractivity contribution in [1.82, 2.24) is 0 Å². The average molecular weight is 661 g/mol. The number of hydrogen-bond acceptors (Lipinski definition) is 6. The van der Waals surface area contributed by atoms with E-state index in [1.807, 2.05) is 24.3 Å². The van der Waals surface area contributed by atoms with Gasteiger partial charge in [0, 0.05) is 28.2 Å². The average Bonchev–Trinajstić information content (AvgIpc) is 3.56. The minimum atomic E-state index is -2.29. The van der Waals surface area contributed by atoms with E-state index in [1.54, 1.807) is 13.8 Å². The zero-order valence-electron chi connectivity index (χ0n) is 28.3. The molecule has 0 radical (unpaired) electrons. The second-order valence-corrected chi connectivity index (χ2v) is 15.7. The lowest BCUT2D eigenvalue weighted by Gasteiger charge is -2.63. The highest BCUT2D eigenvalue weighted by atomic mass is 19.1. The third kappa shape index (κ3) is 4.55. The van der Waals surface area contributed by atoms with Gasteiger partial charge in [0.05, 0.1) is 12.2 Å². The number of fused-ring (bicyclic) bond motifs is 7. The molecule has 48 heavy (non-hydrogen) atoms. The Hall–Kier alpha value is -3.04. The molecule has 0 amide bonds. The van der Waals surface area contributed by atoms with Crippen molar-refractivity contribution in [3.8, 4) is 0 Å². The Kier molecular flexibility index (Phi) is 8.02. The summed E-state index contributed by atoms with van der Waals surface area (Å²) in [7, 11) is 0. The van der Waals surface area contributed by atoms with E-state index < -0.39 is 76.8 Å². The largest absolute Gasteiger partial charge is 0.390 e. The van der Waals surface area contributed by atoms with E-state index in [9.17, 15) is 19.8 Å². The molecule has 11 atom stereocenters. The first kappa shape index (κ1) is 33.5. The molecule has 2 aromatic carbocycles. The fourth-order valence-corrected chi connectivity index (χ4v) is 10.3. The number of ketones is 2. The Morgan fingerprint density at radius 1 is 1.04 bits per heavy atom. The highest BCUT2D eigenvalue weighted by Crippen LogP contribution is 2.72. The molecule has 0 unspecified atom stereocenters. The minimum absolute atomic E-state index is 0.0457. The maximum Gasteiger partial charge on any atom is 0.193 e. The van der Waals surface area contributed by atoms with Crippen molar-refractivity contribution in [3.05, 3.63) is 94.6 Å². The number of Topliss-reactive ketones (excluding diaryl/α,β-unsaturated/α-hetero) is 1. The van der Waals surface area contributed by atoms with Crippen LogP contribution in [0.1, 0.15) is 88.3 Å². The Morgan fingerprint density at radius 2 is 1.77 bits per heavy atom. The number of ether oxygens (including phenoxy) is 2. The first-order valence-electron chi connectivity index (χ1n) is 17.3. The molecule has 8 heteroatoms. The van der Waals surface area contributed by atoms with Crippen molar-refractivity contribution >= 4 is 11.6 Å². The molecule has 6 nitrogen and oxygen atoms in total. The van der Waals surface area contributed by atoms with Gasteiger partial charge in [0.1, 0.15) is 12.8 Å². The Balaban J connectivity index is 1.18. The van der Waals surface area contributed by atoms with Crippen molar-refractivity contribution in [2.45, 2.75) is 102 Å². The van der Waals surface area contributed by atoms with Crippen LogP contribution < -0.4 is 0 Å². The molecular formula is C40H46F2O6. The molecule has 1 heterocycles. The van der Waals surface area contributed by atoms with Crippen molar-refractivity contribution in [3.63, 3.8) is 0 Å². The van der Waals surface area contributed by atoms with Gasteiger partial charge >= 0.3 is 0 Å². The topological polar surface area (TPSA) is 93.1 Å². The summed E-state index contributed by atoms with van der Waals surface area (Å²) in [6, 6.07) is 16.6. The van der Waals surface area contributed by atoms with Crippen LogP contribution in [-0.4, -0.2) is 58.0 Å². The fraction of sp³-hybridized carbons (Fsp3) is 0.550. The SMILES string of the molecule is CC(C)Cc1cccc([C@@H](C)c2ccc([C@@H]3O[C@@H]4C[C@H]5[C@@H]6C[C@H](F)C7=CC(=O)C=C[C@]7(C)[C@@]6(F)[C@@H](O)C[C@]5(C)[C@]4(C(=O)CO)O3)cc2)c1. The highest BCUT2D eigenvalue weighted by Gasteiger charge is 2.80. The molecule has 3 saturated carbocycles. The number of rotatable bonds is 7. The molecule has 5 aliphatic rings. The molecule has 1 saturated heterocycles. The fourth-order valence-electron chi connectivity index (χ4n) is 10.3. The molecule has 0 aromatic heterocycles. The van der Waals surface area contributed by atoms with E-state index >= 15 is 8.78 Å². The minimum Gasteiger partial charge on any atom is -0.390 e. The third-order valence-corrected chi connectivity index (χ3v) is 12.7. The first-order valence-corrected chi connectivity index (χ1v) is 17.3. The number of allylic oxidation sites excluding steroid dienone is 4. The maximum atomic E-state index is 17.6. The van der Waals surface area contributed by atoms with Crippen molar-refractivity contribution < 1.29 is 38.1 Å². The molecule has 0 bridgehead atoms. The maximum absolute atomic E-state index is 17.6. The van der Waals surface area contributed by atoms with Gasteiger partial charge in [0.2, 0.25) is 0 Å². The second kappa shape index (κ2) is 11.5. The number of benzene rings is 2. The van der Waals surface area contributed by atoms with Crippen LogP contribution in [0.5, 0.6) is 0 Å².